The van der Waals surface area contributed by atoms with Crippen LogP contribution in [0.25, 0.3) is 28.2 Å². The van der Waals surface area contributed by atoms with Crippen molar-refractivity contribution in [2.75, 3.05) is 11.0 Å². The summed E-state index contributed by atoms with van der Waals surface area (Å²) in [5, 5.41) is 4.28. The Hall–Kier alpha value is -3.66. The van der Waals surface area contributed by atoms with Gasteiger partial charge in [-0.15, -0.1) is 0 Å². The number of carbonyl (C=O) groups is 1. The van der Waals surface area contributed by atoms with E-state index in [4.69, 9.17) is 16.5 Å². The van der Waals surface area contributed by atoms with E-state index in [1.54, 1.807) is 43.5 Å². The molecule has 0 bridgehead atoms. The van der Waals surface area contributed by atoms with E-state index < -0.39 is 18.0 Å². The molecule has 1 aromatic carbocycles. The summed E-state index contributed by atoms with van der Waals surface area (Å²) in [6, 6.07) is 12.5. The van der Waals surface area contributed by atoms with Crippen LogP contribution < -0.4 is 4.42 Å². The number of anilines is 1. The number of amides is 1. The Bertz CT molecular complexity index is 1290. The van der Waals surface area contributed by atoms with E-state index in [0.717, 1.165) is 10.6 Å². The largest absolute Gasteiger partial charge is 0.449 e. The predicted molar refractivity (Wildman–Crippen MR) is 112 cm³/mol. The number of hydrogen-bond acceptors (Lipinski definition) is 5. The maximum atomic E-state index is 13.3. The summed E-state index contributed by atoms with van der Waals surface area (Å²) in [6.45, 7) is 1.84. The smallest absolute Gasteiger partial charge is 0.434 e. The zero-order chi connectivity index (χ0) is 22.9. The number of aromatic nitrogens is 4. The van der Waals surface area contributed by atoms with E-state index in [2.05, 4.69) is 15.1 Å². The molecule has 0 aliphatic carbocycles. The van der Waals surface area contributed by atoms with Gasteiger partial charge in [-0.2, -0.15) is 22.7 Å². The second kappa shape index (κ2) is 8.46. The normalized spacial score (nSPS) is 11.5. The second-order valence-corrected chi connectivity index (χ2v) is 6.91. The lowest BCUT2D eigenvalue weighted by Gasteiger charge is -2.13. The van der Waals surface area contributed by atoms with Gasteiger partial charge in [0.25, 0.3) is 0 Å². The fraction of sp³-hybridized carbons (Fsp3) is 0.143. The number of halogens is 4. The van der Waals surface area contributed by atoms with E-state index in [1.165, 1.54) is 22.7 Å². The highest BCUT2D eigenvalue weighted by molar-refractivity contribution is 6.35. The molecule has 0 aliphatic heterocycles. The van der Waals surface area contributed by atoms with Gasteiger partial charge in [0, 0.05) is 29.1 Å². The van der Waals surface area contributed by atoms with E-state index in [0.29, 0.717) is 22.6 Å². The summed E-state index contributed by atoms with van der Waals surface area (Å²) in [7, 11) is 0. The lowest BCUT2D eigenvalue weighted by molar-refractivity contribution is -0.140. The Balaban J connectivity index is 1.71. The molecule has 3 heterocycles. The molecule has 4 rings (SSSR count). The van der Waals surface area contributed by atoms with Gasteiger partial charge in [-0.3, -0.25) is 4.98 Å². The van der Waals surface area contributed by atoms with Crippen LogP contribution >= 0.6 is 11.8 Å². The van der Waals surface area contributed by atoms with Crippen LogP contribution in [-0.2, 0) is 10.9 Å². The van der Waals surface area contributed by atoms with Gasteiger partial charge in [0.2, 0.25) is 0 Å². The maximum Gasteiger partial charge on any atom is 0.434 e. The number of hydrogen-bond donors (Lipinski definition) is 0. The first-order valence-electron chi connectivity index (χ1n) is 9.40. The molecule has 32 heavy (non-hydrogen) atoms. The molecule has 7 nitrogen and oxygen atoms in total. The van der Waals surface area contributed by atoms with Gasteiger partial charge in [-0.05, 0) is 43.3 Å². The van der Waals surface area contributed by atoms with E-state index >= 15 is 0 Å². The second-order valence-electron chi connectivity index (χ2n) is 6.57. The minimum Gasteiger partial charge on any atom is -0.449 e. The number of nitrogens with zero attached hydrogens (tertiary/aromatic N) is 5. The standard InChI is InChI=1S/C21H15ClF3N5O2/c1-2-32-20(31)30(22)14-6-3-5-13(11-14)17-12-29-18(27-17)9-8-16(28-29)15-7-4-10-26-19(15)21(23,24)25/h3-12H,2H2,1H3. The van der Waals surface area contributed by atoms with Crippen molar-refractivity contribution in [3.8, 4) is 22.5 Å². The number of carbonyl (C=O) groups excluding carboxylic acids is 1. The molecule has 0 atom stereocenters. The average Bonchev–Trinajstić information content (AvgIpc) is 3.22. The molecule has 11 heteroatoms. The molecule has 0 radical (unpaired) electrons. The minimum absolute atomic E-state index is 0.102. The van der Waals surface area contributed by atoms with Crippen molar-refractivity contribution in [3.05, 3.63) is 66.6 Å². The van der Waals surface area contributed by atoms with Crippen molar-refractivity contribution in [1.82, 2.24) is 19.6 Å². The topological polar surface area (TPSA) is 72.6 Å². The van der Waals surface area contributed by atoms with Gasteiger partial charge in [0.15, 0.2) is 11.3 Å². The van der Waals surface area contributed by atoms with Crippen molar-refractivity contribution in [3.63, 3.8) is 0 Å². The average molecular weight is 462 g/mol. The number of alkyl halides is 3. The van der Waals surface area contributed by atoms with Crippen LogP contribution in [0.4, 0.5) is 23.7 Å². The van der Waals surface area contributed by atoms with Gasteiger partial charge in [-0.25, -0.2) is 14.3 Å². The lowest BCUT2D eigenvalue weighted by atomic mass is 10.1. The van der Waals surface area contributed by atoms with Gasteiger partial charge >= 0.3 is 12.3 Å². The number of ether oxygens (including phenoxy) is 1. The van der Waals surface area contributed by atoms with Crippen LogP contribution in [0.3, 0.4) is 0 Å². The number of imidazole rings is 1. The zero-order valence-corrected chi connectivity index (χ0v) is 17.3. The molecular formula is C21H15ClF3N5O2. The summed E-state index contributed by atoms with van der Waals surface area (Å²) in [5.41, 5.74) is 0.880. The highest BCUT2D eigenvalue weighted by atomic mass is 35.5. The van der Waals surface area contributed by atoms with E-state index in [9.17, 15) is 18.0 Å². The number of rotatable bonds is 4. The first-order chi connectivity index (χ1) is 15.3. The van der Waals surface area contributed by atoms with Crippen molar-refractivity contribution in [1.29, 1.82) is 0 Å². The first kappa shape index (κ1) is 21.6. The van der Waals surface area contributed by atoms with Gasteiger partial charge in [0.05, 0.1) is 29.9 Å². The summed E-state index contributed by atoms with van der Waals surface area (Å²) in [4.78, 5) is 19.8. The van der Waals surface area contributed by atoms with Gasteiger partial charge in [-0.1, -0.05) is 12.1 Å². The quantitative estimate of drug-likeness (QED) is 0.370. The fourth-order valence-corrected chi connectivity index (χ4v) is 3.23. The maximum absolute atomic E-state index is 13.3. The van der Waals surface area contributed by atoms with Crippen LogP contribution in [0.5, 0.6) is 0 Å². The van der Waals surface area contributed by atoms with Crippen LogP contribution in [0.1, 0.15) is 12.6 Å². The molecule has 3 aromatic heterocycles. The molecule has 0 saturated carbocycles. The molecule has 0 spiro atoms. The molecule has 0 aliphatic rings. The molecule has 1 amide bonds. The molecule has 0 N–H and O–H groups in total. The lowest BCUT2D eigenvalue weighted by Crippen LogP contribution is -2.21. The van der Waals surface area contributed by atoms with Gasteiger partial charge < -0.3 is 4.74 Å². The summed E-state index contributed by atoms with van der Waals surface area (Å²) in [5.74, 6) is 0. The van der Waals surface area contributed by atoms with Gasteiger partial charge in [0.1, 0.15) is 0 Å². The molecule has 4 aromatic rings. The molecule has 0 unspecified atom stereocenters. The number of fused-ring (bicyclic) bond motifs is 1. The summed E-state index contributed by atoms with van der Waals surface area (Å²) < 4.78 is 47.1. The highest BCUT2D eigenvalue weighted by Gasteiger charge is 2.35. The van der Waals surface area contributed by atoms with E-state index in [-0.39, 0.29) is 17.9 Å². The Labute approximate surface area is 185 Å². The summed E-state index contributed by atoms with van der Waals surface area (Å²) in [6.07, 6.45) is -2.67. The third-order valence-electron chi connectivity index (χ3n) is 4.47. The highest BCUT2D eigenvalue weighted by Crippen LogP contribution is 2.34. The van der Waals surface area contributed by atoms with Crippen LogP contribution in [0, 0.1) is 0 Å². The van der Waals surface area contributed by atoms with Crippen molar-refractivity contribution >= 4 is 29.2 Å². The van der Waals surface area contributed by atoms with Crippen LogP contribution in [-0.4, -0.2) is 32.3 Å². The minimum atomic E-state index is -4.61. The summed E-state index contributed by atoms with van der Waals surface area (Å²) >= 11 is 6.04. The Morgan fingerprint density at radius 1 is 1.16 bits per heavy atom. The zero-order valence-electron chi connectivity index (χ0n) is 16.5. The SMILES string of the molecule is CCOC(=O)N(Cl)c1cccc(-c2cn3nc(-c4cccnc4C(F)(F)F)ccc3n2)c1. The first-order valence-corrected chi connectivity index (χ1v) is 9.74. The third kappa shape index (κ3) is 4.22. The van der Waals surface area contributed by atoms with Crippen LogP contribution in [0.15, 0.2) is 60.9 Å². The Morgan fingerprint density at radius 3 is 2.72 bits per heavy atom. The molecule has 0 saturated heterocycles. The van der Waals surface area contributed by atoms with Crippen molar-refractivity contribution in [2.24, 2.45) is 0 Å². The Morgan fingerprint density at radius 2 is 1.97 bits per heavy atom. The molecular weight excluding hydrogens is 447 g/mol. The van der Waals surface area contributed by atoms with E-state index in [1.807, 2.05) is 0 Å². The fourth-order valence-electron chi connectivity index (χ4n) is 3.08. The monoisotopic (exact) mass is 461 g/mol. The number of benzene rings is 1. The van der Waals surface area contributed by atoms with Crippen molar-refractivity contribution in [2.45, 2.75) is 13.1 Å². The molecule has 164 valence electrons. The predicted octanol–water partition coefficient (Wildman–Crippen LogP) is 5.59. The van der Waals surface area contributed by atoms with Crippen LogP contribution in [0.2, 0.25) is 0 Å². The Kier molecular flexibility index (Phi) is 5.70. The third-order valence-corrected chi connectivity index (χ3v) is 4.80. The van der Waals surface area contributed by atoms with Crippen molar-refractivity contribution < 1.29 is 22.7 Å². The molecule has 0 fully saturated rings. The number of pyridine rings is 1.